The molecule has 2 aliphatic rings. The van der Waals surface area contributed by atoms with Gasteiger partial charge in [0.1, 0.15) is 6.04 Å². The molecule has 0 spiro atoms. The molecule has 2 fully saturated rings. The molecule has 2 heterocycles. The molecule has 13 heavy (non-hydrogen) atoms. The van der Waals surface area contributed by atoms with Crippen LogP contribution in [-0.2, 0) is 9.53 Å². The van der Waals surface area contributed by atoms with Gasteiger partial charge in [-0.15, -0.1) is 0 Å². The standard InChI is InChI=1S/C9H15NO3/c11-9(12)8-1-4-10(8)7-2-5-13-6-3-7/h7-8H,1-6H2,(H,11,12)/t8-/m1/s1. The molecule has 0 amide bonds. The lowest BCUT2D eigenvalue weighted by atomic mass is 9.96. The van der Waals surface area contributed by atoms with Gasteiger partial charge in [0, 0.05) is 25.8 Å². The zero-order valence-corrected chi connectivity index (χ0v) is 7.61. The molecule has 0 aromatic carbocycles. The molecule has 0 aromatic heterocycles. The van der Waals surface area contributed by atoms with Gasteiger partial charge in [-0.05, 0) is 19.3 Å². The highest BCUT2D eigenvalue weighted by molar-refractivity contribution is 5.74. The number of aliphatic carboxylic acids is 1. The second-order valence-corrected chi connectivity index (χ2v) is 3.72. The number of hydrogen-bond acceptors (Lipinski definition) is 3. The van der Waals surface area contributed by atoms with E-state index in [1.807, 2.05) is 0 Å². The summed E-state index contributed by atoms with van der Waals surface area (Å²) in [4.78, 5) is 12.9. The van der Waals surface area contributed by atoms with Gasteiger partial charge in [0.05, 0.1) is 0 Å². The predicted molar refractivity (Wildman–Crippen MR) is 46.6 cm³/mol. The first-order valence-electron chi connectivity index (χ1n) is 4.85. The summed E-state index contributed by atoms with van der Waals surface area (Å²) in [5.41, 5.74) is 0. The highest BCUT2D eigenvalue weighted by Gasteiger charge is 2.38. The Bertz CT molecular complexity index is 201. The fourth-order valence-electron chi connectivity index (χ4n) is 2.13. The van der Waals surface area contributed by atoms with E-state index in [2.05, 4.69) is 4.90 Å². The Balaban J connectivity index is 1.89. The molecule has 1 atom stereocenters. The normalized spacial score (nSPS) is 31.2. The van der Waals surface area contributed by atoms with Crippen LogP contribution in [0.4, 0.5) is 0 Å². The number of ether oxygens (including phenoxy) is 1. The highest BCUT2D eigenvalue weighted by Crippen LogP contribution is 2.25. The van der Waals surface area contributed by atoms with E-state index in [9.17, 15) is 4.79 Å². The summed E-state index contributed by atoms with van der Waals surface area (Å²) in [6.45, 7) is 2.52. The highest BCUT2D eigenvalue weighted by atomic mass is 16.5. The number of hydrogen-bond donors (Lipinski definition) is 1. The minimum atomic E-state index is -0.669. The van der Waals surface area contributed by atoms with Gasteiger partial charge in [-0.3, -0.25) is 9.69 Å². The molecule has 1 N–H and O–H groups in total. The molecule has 2 aliphatic heterocycles. The number of rotatable bonds is 2. The molecule has 0 bridgehead atoms. The maximum Gasteiger partial charge on any atom is 0.320 e. The van der Waals surface area contributed by atoms with E-state index in [1.165, 1.54) is 0 Å². The molecule has 0 aliphatic carbocycles. The first kappa shape index (κ1) is 8.97. The third kappa shape index (κ3) is 1.69. The quantitative estimate of drug-likeness (QED) is 0.673. The van der Waals surface area contributed by atoms with Crippen LogP contribution in [0, 0.1) is 0 Å². The Morgan fingerprint density at radius 3 is 2.46 bits per heavy atom. The van der Waals surface area contributed by atoms with E-state index in [0.29, 0.717) is 6.04 Å². The molecule has 4 heteroatoms. The maximum absolute atomic E-state index is 10.8. The molecular formula is C9H15NO3. The minimum Gasteiger partial charge on any atom is -0.480 e. The topological polar surface area (TPSA) is 49.8 Å². The second-order valence-electron chi connectivity index (χ2n) is 3.72. The van der Waals surface area contributed by atoms with E-state index >= 15 is 0 Å². The summed E-state index contributed by atoms with van der Waals surface area (Å²) in [5, 5.41) is 8.86. The zero-order chi connectivity index (χ0) is 9.26. The Morgan fingerprint density at radius 1 is 1.31 bits per heavy atom. The lowest BCUT2D eigenvalue weighted by Crippen LogP contribution is -2.58. The van der Waals surface area contributed by atoms with Crippen molar-refractivity contribution in [1.29, 1.82) is 0 Å². The van der Waals surface area contributed by atoms with Gasteiger partial charge in [-0.2, -0.15) is 0 Å². The monoisotopic (exact) mass is 185 g/mol. The Labute approximate surface area is 77.5 Å². The van der Waals surface area contributed by atoms with E-state index in [0.717, 1.165) is 39.0 Å². The second kappa shape index (κ2) is 3.64. The largest absolute Gasteiger partial charge is 0.480 e. The molecule has 74 valence electrons. The average molecular weight is 185 g/mol. The SMILES string of the molecule is O=C(O)[C@H]1CCN1C1CCOCC1. The van der Waals surface area contributed by atoms with Crippen molar-refractivity contribution >= 4 is 5.97 Å². The Kier molecular flexibility index (Phi) is 2.51. The van der Waals surface area contributed by atoms with Crippen LogP contribution in [0.5, 0.6) is 0 Å². The third-order valence-electron chi connectivity index (χ3n) is 3.01. The first-order chi connectivity index (χ1) is 6.29. The van der Waals surface area contributed by atoms with Crippen molar-refractivity contribution in [3.05, 3.63) is 0 Å². The van der Waals surface area contributed by atoms with Gasteiger partial charge in [-0.25, -0.2) is 0 Å². The van der Waals surface area contributed by atoms with Crippen molar-refractivity contribution in [3.8, 4) is 0 Å². The lowest BCUT2D eigenvalue weighted by Gasteiger charge is -2.45. The number of carbonyl (C=O) groups is 1. The van der Waals surface area contributed by atoms with Gasteiger partial charge in [0.15, 0.2) is 0 Å². The lowest BCUT2D eigenvalue weighted by molar-refractivity contribution is -0.151. The van der Waals surface area contributed by atoms with E-state index < -0.39 is 5.97 Å². The summed E-state index contributed by atoms with van der Waals surface area (Å²) in [6, 6.07) is 0.228. The van der Waals surface area contributed by atoms with Gasteiger partial charge < -0.3 is 9.84 Å². The first-order valence-corrected chi connectivity index (χ1v) is 4.85. The Morgan fingerprint density at radius 2 is 2.00 bits per heavy atom. The van der Waals surface area contributed by atoms with Crippen LogP contribution in [0.2, 0.25) is 0 Å². The molecular weight excluding hydrogens is 170 g/mol. The van der Waals surface area contributed by atoms with Gasteiger partial charge in [0.25, 0.3) is 0 Å². The van der Waals surface area contributed by atoms with Gasteiger partial charge in [0.2, 0.25) is 0 Å². The maximum atomic E-state index is 10.8. The average Bonchev–Trinajstić information content (AvgIpc) is 2.02. The summed E-state index contributed by atoms with van der Waals surface area (Å²) in [5.74, 6) is -0.669. The molecule has 0 radical (unpaired) electrons. The van der Waals surface area contributed by atoms with Gasteiger partial charge in [-0.1, -0.05) is 0 Å². The summed E-state index contributed by atoms with van der Waals surface area (Å²) >= 11 is 0. The van der Waals surface area contributed by atoms with Crippen LogP contribution in [0.1, 0.15) is 19.3 Å². The van der Waals surface area contributed by atoms with E-state index in [-0.39, 0.29) is 6.04 Å². The number of carboxylic acid groups (broad SMARTS) is 1. The third-order valence-corrected chi connectivity index (χ3v) is 3.01. The van der Waals surface area contributed by atoms with Crippen molar-refractivity contribution in [2.45, 2.75) is 31.3 Å². The minimum absolute atomic E-state index is 0.219. The van der Waals surface area contributed by atoms with Crippen LogP contribution in [0.3, 0.4) is 0 Å². The van der Waals surface area contributed by atoms with Crippen LogP contribution in [-0.4, -0.2) is 47.8 Å². The fourth-order valence-corrected chi connectivity index (χ4v) is 2.13. The van der Waals surface area contributed by atoms with Crippen LogP contribution in [0.15, 0.2) is 0 Å². The van der Waals surface area contributed by atoms with Crippen molar-refractivity contribution in [1.82, 2.24) is 4.90 Å². The Hall–Kier alpha value is -0.610. The molecule has 0 unspecified atom stereocenters. The van der Waals surface area contributed by atoms with Crippen molar-refractivity contribution < 1.29 is 14.6 Å². The summed E-state index contributed by atoms with van der Waals surface area (Å²) < 4.78 is 5.24. The summed E-state index contributed by atoms with van der Waals surface area (Å²) in [6.07, 6.45) is 2.79. The van der Waals surface area contributed by atoms with E-state index in [1.54, 1.807) is 0 Å². The van der Waals surface area contributed by atoms with Crippen LogP contribution < -0.4 is 0 Å². The predicted octanol–water partition coefficient (Wildman–Crippen LogP) is 0.324. The molecule has 2 rings (SSSR count). The van der Waals surface area contributed by atoms with E-state index in [4.69, 9.17) is 9.84 Å². The van der Waals surface area contributed by atoms with Crippen molar-refractivity contribution in [2.24, 2.45) is 0 Å². The van der Waals surface area contributed by atoms with Gasteiger partial charge >= 0.3 is 5.97 Å². The van der Waals surface area contributed by atoms with Crippen molar-refractivity contribution in [2.75, 3.05) is 19.8 Å². The molecule has 4 nitrogen and oxygen atoms in total. The molecule has 0 aromatic rings. The van der Waals surface area contributed by atoms with Crippen LogP contribution in [0.25, 0.3) is 0 Å². The van der Waals surface area contributed by atoms with Crippen LogP contribution >= 0.6 is 0 Å². The molecule has 0 saturated carbocycles. The summed E-state index contributed by atoms with van der Waals surface area (Å²) in [7, 11) is 0. The van der Waals surface area contributed by atoms with Crippen molar-refractivity contribution in [3.63, 3.8) is 0 Å². The number of likely N-dealkylation sites (tertiary alicyclic amines) is 1. The molecule has 2 saturated heterocycles. The zero-order valence-electron chi connectivity index (χ0n) is 7.61. The number of nitrogens with zero attached hydrogens (tertiary/aromatic N) is 1. The number of carboxylic acids is 1. The fraction of sp³-hybridized carbons (Fsp3) is 0.889. The smallest absolute Gasteiger partial charge is 0.320 e.